The predicted octanol–water partition coefficient (Wildman–Crippen LogP) is 3.39. The van der Waals surface area contributed by atoms with Gasteiger partial charge in [-0.1, -0.05) is 30.3 Å². The number of benzene rings is 2. The number of hydrogen-bond acceptors (Lipinski definition) is 4. The van der Waals surface area contributed by atoms with Gasteiger partial charge in [0.05, 0.1) is 18.4 Å². The second kappa shape index (κ2) is 6.48. The Morgan fingerprint density at radius 3 is 2.50 bits per heavy atom. The molecule has 1 N–H and O–H groups in total. The summed E-state index contributed by atoms with van der Waals surface area (Å²) >= 11 is 4.44. The molecule has 2 rings (SSSR count). The maximum atomic E-state index is 11.9. The number of hydrogen-bond donors (Lipinski definition) is 2. The number of thiol groups is 1. The first-order valence-electron chi connectivity index (χ1n) is 6.32. The lowest BCUT2D eigenvalue weighted by atomic mass is 9.97. The van der Waals surface area contributed by atoms with E-state index in [9.17, 15) is 4.79 Å². The lowest BCUT2D eigenvalue weighted by Crippen LogP contribution is -2.09. The van der Waals surface area contributed by atoms with Crippen LogP contribution in [0.3, 0.4) is 0 Å². The summed E-state index contributed by atoms with van der Waals surface area (Å²) < 4.78 is 4.86. The van der Waals surface area contributed by atoms with Crippen molar-refractivity contribution in [2.24, 2.45) is 0 Å². The molecule has 2 aromatic rings. The van der Waals surface area contributed by atoms with Gasteiger partial charge in [0.1, 0.15) is 0 Å². The van der Waals surface area contributed by atoms with Gasteiger partial charge in [-0.25, -0.2) is 4.79 Å². The normalized spacial score (nSPS) is 10.2. The van der Waals surface area contributed by atoms with Crippen molar-refractivity contribution in [3.63, 3.8) is 0 Å². The Morgan fingerprint density at radius 2 is 1.90 bits per heavy atom. The van der Waals surface area contributed by atoms with Crippen LogP contribution in [-0.2, 0) is 11.2 Å². The summed E-state index contributed by atoms with van der Waals surface area (Å²) in [7, 11) is 3.22. The van der Waals surface area contributed by atoms with Crippen LogP contribution < -0.4 is 5.32 Å². The smallest absolute Gasteiger partial charge is 0.338 e. The zero-order valence-corrected chi connectivity index (χ0v) is 12.4. The standard InChI is InChI=1S/C16H17NO2S/c1-17-15-13(10-11-6-4-3-5-7-11)12(16(18)19-2)8-9-14(15)20/h3-9,17,20H,10H2,1-2H3. The highest BCUT2D eigenvalue weighted by molar-refractivity contribution is 7.80. The van der Waals surface area contributed by atoms with Crippen LogP contribution in [0.4, 0.5) is 5.69 Å². The fraction of sp³-hybridized carbons (Fsp3) is 0.188. The molecule has 20 heavy (non-hydrogen) atoms. The Bertz CT molecular complexity index is 611. The largest absolute Gasteiger partial charge is 0.465 e. The van der Waals surface area contributed by atoms with Crippen LogP contribution in [0.1, 0.15) is 21.5 Å². The lowest BCUT2D eigenvalue weighted by molar-refractivity contribution is 0.0599. The average Bonchev–Trinajstić information content (AvgIpc) is 2.48. The van der Waals surface area contributed by atoms with Gasteiger partial charge < -0.3 is 10.1 Å². The average molecular weight is 287 g/mol. The fourth-order valence-electron chi connectivity index (χ4n) is 2.20. The summed E-state index contributed by atoms with van der Waals surface area (Å²) in [4.78, 5) is 12.7. The van der Waals surface area contributed by atoms with E-state index >= 15 is 0 Å². The van der Waals surface area contributed by atoms with E-state index in [1.165, 1.54) is 7.11 Å². The second-order valence-electron chi connectivity index (χ2n) is 4.39. The van der Waals surface area contributed by atoms with E-state index in [2.05, 4.69) is 17.9 Å². The molecule has 0 heterocycles. The minimum Gasteiger partial charge on any atom is -0.465 e. The van der Waals surface area contributed by atoms with Crippen LogP contribution in [0.2, 0.25) is 0 Å². The van der Waals surface area contributed by atoms with Gasteiger partial charge in [-0.15, -0.1) is 12.6 Å². The van der Waals surface area contributed by atoms with Gasteiger partial charge in [-0.2, -0.15) is 0 Å². The van der Waals surface area contributed by atoms with Gasteiger partial charge in [0.15, 0.2) is 0 Å². The van der Waals surface area contributed by atoms with Crippen molar-refractivity contribution in [1.82, 2.24) is 0 Å². The summed E-state index contributed by atoms with van der Waals surface area (Å²) in [5, 5.41) is 3.12. The number of rotatable bonds is 4. The highest BCUT2D eigenvalue weighted by Crippen LogP contribution is 2.30. The van der Waals surface area contributed by atoms with Crippen LogP contribution >= 0.6 is 12.6 Å². The van der Waals surface area contributed by atoms with Gasteiger partial charge in [0.2, 0.25) is 0 Å². The molecule has 104 valence electrons. The SMILES string of the molecule is CNc1c(S)ccc(C(=O)OC)c1Cc1ccccc1. The van der Waals surface area contributed by atoms with Gasteiger partial charge in [-0.05, 0) is 23.3 Å². The summed E-state index contributed by atoms with van der Waals surface area (Å²) in [6.45, 7) is 0. The Labute approximate surface area is 124 Å². The van der Waals surface area contributed by atoms with E-state index in [1.54, 1.807) is 12.1 Å². The molecule has 0 atom stereocenters. The van der Waals surface area contributed by atoms with Crippen molar-refractivity contribution in [3.8, 4) is 0 Å². The summed E-state index contributed by atoms with van der Waals surface area (Å²) in [6.07, 6.45) is 0.649. The molecular weight excluding hydrogens is 270 g/mol. The third-order valence-electron chi connectivity index (χ3n) is 3.17. The molecule has 0 aromatic heterocycles. The number of carbonyl (C=O) groups is 1. The number of nitrogens with one attached hydrogen (secondary N) is 1. The molecule has 0 fully saturated rings. The zero-order valence-electron chi connectivity index (χ0n) is 11.5. The third-order valence-corrected chi connectivity index (χ3v) is 3.54. The lowest BCUT2D eigenvalue weighted by Gasteiger charge is -2.15. The van der Waals surface area contributed by atoms with E-state index in [1.807, 2.05) is 37.4 Å². The summed E-state index contributed by atoms with van der Waals surface area (Å²) in [5.74, 6) is -0.333. The first kappa shape index (κ1) is 14.5. The molecule has 0 aliphatic heterocycles. The molecule has 4 heteroatoms. The van der Waals surface area contributed by atoms with E-state index in [4.69, 9.17) is 4.74 Å². The van der Waals surface area contributed by atoms with Crippen molar-refractivity contribution < 1.29 is 9.53 Å². The van der Waals surface area contributed by atoms with Gasteiger partial charge in [-0.3, -0.25) is 0 Å². The number of methoxy groups -OCH3 is 1. The van der Waals surface area contributed by atoms with Crippen molar-refractivity contribution >= 4 is 24.3 Å². The van der Waals surface area contributed by atoms with Crippen LogP contribution in [0, 0.1) is 0 Å². The van der Waals surface area contributed by atoms with Crippen molar-refractivity contribution in [2.75, 3.05) is 19.5 Å². The highest BCUT2D eigenvalue weighted by Gasteiger charge is 2.17. The quantitative estimate of drug-likeness (QED) is 0.668. The van der Waals surface area contributed by atoms with E-state index < -0.39 is 0 Å². The van der Waals surface area contributed by atoms with E-state index in [-0.39, 0.29) is 5.97 Å². The topological polar surface area (TPSA) is 38.3 Å². The molecule has 0 unspecified atom stereocenters. The molecule has 0 radical (unpaired) electrons. The number of ether oxygens (including phenoxy) is 1. The van der Waals surface area contributed by atoms with Crippen molar-refractivity contribution in [3.05, 3.63) is 59.2 Å². The highest BCUT2D eigenvalue weighted by atomic mass is 32.1. The molecule has 0 saturated heterocycles. The van der Waals surface area contributed by atoms with Crippen molar-refractivity contribution in [2.45, 2.75) is 11.3 Å². The predicted molar refractivity (Wildman–Crippen MR) is 83.8 cm³/mol. The first-order valence-corrected chi connectivity index (χ1v) is 6.77. The molecular formula is C16H17NO2S. The molecule has 0 spiro atoms. The molecule has 3 nitrogen and oxygen atoms in total. The Kier molecular flexibility index (Phi) is 4.69. The molecule has 2 aromatic carbocycles. The van der Waals surface area contributed by atoms with Crippen LogP contribution in [0.5, 0.6) is 0 Å². The molecule has 0 amide bonds. The number of carbonyl (C=O) groups excluding carboxylic acids is 1. The first-order chi connectivity index (χ1) is 9.67. The molecule has 0 bridgehead atoms. The molecule has 0 aliphatic carbocycles. The Balaban J connectivity index is 2.52. The molecule has 0 saturated carbocycles. The van der Waals surface area contributed by atoms with Gasteiger partial charge in [0.25, 0.3) is 0 Å². The van der Waals surface area contributed by atoms with Gasteiger partial charge >= 0.3 is 5.97 Å². The van der Waals surface area contributed by atoms with E-state index in [0.29, 0.717) is 12.0 Å². The Hall–Kier alpha value is -1.94. The van der Waals surface area contributed by atoms with Gasteiger partial charge in [0, 0.05) is 18.4 Å². The molecule has 0 aliphatic rings. The van der Waals surface area contributed by atoms with Crippen LogP contribution in [0.25, 0.3) is 0 Å². The second-order valence-corrected chi connectivity index (χ2v) is 4.87. The number of esters is 1. The van der Waals surface area contributed by atoms with E-state index in [0.717, 1.165) is 21.7 Å². The fourth-order valence-corrected chi connectivity index (χ4v) is 2.52. The summed E-state index contributed by atoms with van der Waals surface area (Å²) in [5.41, 5.74) is 3.46. The van der Waals surface area contributed by atoms with Crippen molar-refractivity contribution in [1.29, 1.82) is 0 Å². The minimum atomic E-state index is -0.333. The van der Waals surface area contributed by atoms with Crippen LogP contribution in [0.15, 0.2) is 47.4 Å². The maximum Gasteiger partial charge on any atom is 0.338 e. The third kappa shape index (κ3) is 2.96. The minimum absolute atomic E-state index is 0.333. The van der Waals surface area contributed by atoms with Crippen LogP contribution in [-0.4, -0.2) is 20.1 Å². The zero-order chi connectivity index (χ0) is 14.5. The maximum absolute atomic E-state index is 11.9. The monoisotopic (exact) mass is 287 g/mol. The summed E-state index contributed by atoms with van der Waals surface area (Å²) in [6, 6.07) is 13.6. The Morgan fingerprint density at radius 1 is 1.20 bits per heavy atom. The number of anilines is 1.